The molecule has 2 aromatic carbocycles. The molecule has 0 saturated carbocycles. The van der Waals surface area contributed by atoms with Crippen LogP contribution >= 0.6 is 35.0 Å². The lowest BCUT2D eigenvalue weighted by Gasteiger charge is -2.15. The monoisotopic (exact) mass is 420 g/mol. The van der Waals surface area contributed by atoms with Crippen LogP contribution in [0.25, 0.3) is 11.4 Å². The van der Waals surface area contributed by atoms with E-state index in [4.69, 9.17) is 37.8 Å². The predicted octanol–water partition coefficient (Wildman–Crippen LogP) is 4.63. The number of nitrogens with zero attached hydrogens (tertiary/aromatic N) is 4. The van der Waals surface area contributed by atoms with Gasteiger partial charge in [0.1, 0.15) is 0 Å². The average Bonchev–Trinajstić information content (AvgIpc) is 3.10. The molecule has 4 rings (SSSR count). The lowest BCUT2D eigenvalue weighted by Crippen LogP contribution is -2.14. The normalized spacial score (nSPS) is 13.1. The van der Waals surface area contributed by atoms with Gasteiger partial charge in [0.25, 0.3) is 0 Å². The molecule has 9 heteroatoms. The summed E-state index contributed by atoms with van der Waals surface area (Å²) in [6.45, 7) is 0. The number of aromatic nitrogens is 3. The molecule has 0 N–H and O–H groups in total. The predicted molar refractivity (Wildman–Crippen MR) is 108 cm³/mol. The molecule has 27 heavy (non-hydrogen) atoms. The topological polar surface area (TPSA) is 61.5 Å². The number of hydrogen-bond donors (Lipinski definition) is 0. The highest BCUT2D eigenvalue weighted by molar-refractivity contribution is 7.99. The summed E-state index contributed by atoms with van der Waals surface area (Å²) in [5.74, 6) is 2.56. The van der Waals surface area contributed by atoms with E-state index in [9.17, 15) is 0 Å². The van der Waals surface area contributed by atoms with Crippen LogP contribution in [0.5, 0.6) is 11.5 Å². The van der Waals surface area contributed by atoms with E-state index in [2.05, 4.69) is 10.2 Å². The number of rotatable bonds is 4. The van der Waals surface area contributed by atoms with Crippen molar-refractivity contribution in [3.8, 4) is 22.9 Å². The molecule has 1 aliphatic heterocycles. The third-order valence-electron chi connectivity index (χ3n) is 4.06. The molecule has 6 nitrogen and oxygen atoms in total. The van der Waals surface area contributed by atoms with Crippen LogP contribution < -0.4 is 9.47 Å². The Morgan fingerprint density at radius 2 is 1.81 bits per heavy atom. The fraction of sp³-hybridized carbons (Fsp3) is 0.167. The molecule has 0 radical (unpaired) electrons. The van der Waals surface area contributed by atoms with Gasteiger partial charge in [-0.2, -0.15) is 9.78 Å². The van der Waals surface area contributed by atoms with Crippen LogP contribution in [-0.4, -0.2) is 40.6 Å². The lowest BCUT2D eigenvalue weighted by molar-refractivity contribution is 0.355. The van der Waals surface area contributed by atoms with Crippen molar-refractivity contribution in [1.29, 1.82) is 0 Å². The fourth-order valence-corrected chi connectivity index (χ4v) is 4.06. The highest BCUT2D eigenvalue weighted by Gasteiger charge is 2.22. The Kier molecular flexibility index (Phi) is 4.99. The summed E-state index contributed by atoms with van der Waals surface area (Å²) in [5, 5.41) is 15.0. The Morgan fingerprint density at radius 1 is 1.00 bits per heavy atom. The first-order chi connectivity index (χ1) is 13.1. The van der Waals surface area contributed by atoms with Crippen LogP contribution in [0.1, 0.15) is 5.56 Å². The minimum atomic E-state index is 0.496. The number of ether oxygens (including phenoxy) is 2. The van der Waals surface area contributed by atoms with E-state index in [1.807, 2.05) is 24.3 Å². The van der Waals surface area contributed by atoms with E-state index >= 15 is 0 Å². The van der Waals surface area contributed by atoms with Gasteiger partial charge < -0.3 is 9.47 Å². The second-order valence-corrected chi connectivity index (χ2v) is 7.43. The largest absolute Gasteiger partial charge is 0.493 e. The first-order valence-electron chi connectivity index (χ1n) is 7.94. The summed E-state index contributed by atoms with van der Waals surface area (Å²) in [4.78, 5) is 0. The van der Waals surface area contributed by atoms with Crippen LogP contribution in [0.15, 0.2) is 46.7 Å². The summed E-state index contributed by atoms with van der Waals surface area (Å²) in [6.07, 6.45) is 0. The molecule has 0 unspecified atom stereocenters. The Hall–Kier alpha value is -2.22. The standard InChI is InChI=1S/C18H14Cl2N4O2S/c1-25-15-6-3-10(7-16(15)26-2)14-9-27-18-22-21-17(24(18)23-14)12-5-4-11(19)8-13(12)20/h3-8H,9H2,1-2H3. The quantitative estimate of drug-likeness (QED) is 0.615. The van der Waals surface area contributed by atoms with Gasteiger partial charge in [-0.15, -0.1) is 10.2 Å². The van der Waals surface area contributed by atoms with Crippen molar-refractivity contribution in [2.75, 3.05) is 20.0 Å². The maximum atomic E-state index is 6.34. The molecule has 0 saturated heterocycles. The van der Waals surface area contributed by atoms with E-state index in [0.717, 1.165) is 16.8 Å². The molecule has 1 aromatic heterocycles. The molecule has 3 aromatic rings. The highest BCUT2D eigenvalue weighted by Crippen LogP contribution is 2.34. The number of fused-ring (bicyclic) bond motifs is 1. The van der Waals surface area contributed by atoms with Crippen molar-refractivity contribution in [2.24, 2.45) is 5.10 Å². The van der Waals surface area contributed by atoms with E-state index < -0.39 is 0 Å². The van der Waals surface area contributed by atoms with Gasteiger partial charge in [-0.1, -0.05) is 35.0 Å². The number of methoxy groups -OCH3 is 2. The van der Waals surface area contributed by atoms with Crippen molar-refractivity contribution >= 4 is 40.7 Å². The number of halogens is 2. The Bertz CT molecular complexity index is 1050. The fourth-order valence-electron chi connectivity index (χ4n) is 2.72. The van der Waals surface area contributed by atoms with Gasteiger partial charge >= 0.3 is 0 Å². The van der Waals surface area contributed by atoms with Crippen molar-refractivity contribution in [1.82, 2.24) is 14.9 Å². The minimum Gasteiger partial charge on any atom is -0.493 e. The smallest absolute Gasteiger partial charge is 0.212 e. The highest BCUT2D eigenvalue weighted by atomic mass is 35.5. The maximum Gasteiger partial charge on any atom is 0.212 e. The zero-order chi connectivity index (χ0) is 19.0. The summed E-state index contributed by atoms with van der Waals surface area (Å²) < 4.78 is 12.4. The maximum absolute atomic E-state index is 6.34. The summed E-state index contributed by atoms with van der Waals surface area (Å²) in [5.41, 5.74) is 2.53. The van der Waals surface area contributed by atoms with Crippen LogP contribution in [-0.2, 0) is 0 Å². The summed E-state index contributed by atoms with van der Waals surface area (Å²) in [7, 11) is 3.22. The van der Waals surface area contributed by atoms with E-state index in [-0.39, 0.29) is 0 Å². The second-order valence-electron chi connectivity index (χ2n) is 5.65. The van der Waals surface area contributed by atoms with Gasteiger partial charge in [0, 0.05) is 21.9 Å². The SMILES string of the molecule is COc1ccc(C2=Nn3c(nnc3-c3ccc(Cl)cc3Cl)SC2)cc1OC. The molecule has 0 aliphatic carbocycles. The summed E-state index contributed by atoms with van der Waals surface area (Å²) in [6, 6.07) is 11.0. The first kappa shape index (κ1) is 18.2. The van der Waals surface area contributed by atoms with Crippen LogP contribution in [0.3, 0.4) is 0 Å². The number of hydrogen-bond acceptors (Lipinski definition) is 6. The Labute approximate surface area is 170 Å². The second kappa shape index (κ2) is 7.42. The molecule has 0 spiro atoms. The molecule has 0 fully saturated rings. The average molecular weight is 421 g/mol. The van der Waals surface area contributed by atoms with Crippen molar-refractivity contribution in [3.05, 3.63) is 52.0 Å². The van der Waals surface area contributed by atoms with Gasteiger partial charge in [0.15, 0.2) is 17.3 Å². The molecule has 1 aliphatic rings. The molecule has 0 amide bonds. The Morgan fingerprint density at radius 3 is 2.56 bits per heavy atom. The first-order valence-corrected chi connectivity index (χ1v) is 9.68. The van der Waals surface area contributed by atoms with Gasteiger partial charge in [0.05, 0.1) is 25.0 Å². The van der Waals surface area contributed by atoms with Crippen molar-refractivity contribution in [2.45, 2.75) is 5.16 Å². The Balaban J connectivity index is 1.78. The van der Waals surface area contributed by atoms with Crippen LogP contribution in [0, 0.1) is 0 Å². The zero-order valence-corrected chi connectivity index (χ0v) is 16.8. The number of benzene rings is 2. The summed E-state index contributed by atoms with van der Waals surface area (Å²) >= 11 is 13.9. The van der Waals surface area contributed by atoms with Gasteiger partial charge in [0.2, 0.25) is 5.16 Å². The van der Waals surface area contributed by atoms with Crippen LogP contribution in [0.4, 0.5) is 0 Å². The van der Waals surface area contributed by atoms with E-state index in [0.29, 0.717) is 38.3 Å². The number of thioether (sulfide) groups is 1. The van der Waals surface area contributed by atoms with Crippen molar-refractivity contribution in [3.63, 3.8) is 0 Å². The van der Waals surface area contributed by atoms with E-state index in [1.165, 1.54) is 0 Å². The van der Waals surface area contributed by atoms with E-state index in [1.54, 1.807) is 42.8 Å². The van der Waals surface area contributed by atoms with Gasteiger partial charge in [-0.05, 0) is 36.4 Å². The minimum absolute atomic E-state index is 0.496. The van der Waals surface area contributed by atoms with Crippen molar-refractivity contribution < 1.29 is 9.47 Å². The molecular weight excluding hydrogens is 407 g/mol. The van der Waals surface area contributed by atoms with Gasteiger partial charge in [-0.3, -0.25) is 0 Å². The molecule has 0 atom stereocenters. The van der Waals surface area contributed by atoms with Gasteiger partial charge in [-0.25, -0.2) is 0 Å². The third-order valence-corrected chi connectivity index (χ3v) is 5.54. The molecule has 138 valence electrons. The molecular formula is C18H14Cl2N4O2S. The third kappa shape index (κ3) is 3.38. The lowest BCUT2D eigenvalue weighted by atomic mass is 10.1. The molecule has 0 bridgehead atoms. The van der Waals surface area contributed by atoms with Crippen LogP contribution in [0.2, 0.25) is 10.0 Å². The molecule has 2 heterocycles. The zero-order valence-electron chi connectivity index (χ0n) is 14.4.